The van der Waals surface area contributed by atoms with Gasteiger partial charge < -0.3 is 10.5 Å². The highest BCUT2D eigenvalue weighted by molar-refractivity contribution is 5.90. The number of methoxy groups -OCH3 is 1. The van der Waals surface area contributed by atoms with Crippen molar-refractivity contribution >= 4 is 11.7 Å². The average molecular weight is 245 g/mol. The molecule has 18 heavy (non-hydrogen) atoms. The van der Waals surface area contributed by atoms with E-state index in [9.17, 15) is 9.18 Å². The molecule has 2 rings (SSSR count). The topological polar surface area (TPSA) is 52.3 Å². The molecule has 2 N–H and O–H groups in total. The zero-order chi connectivity index (χ0) is 13.1. The van der Waals surface area contributed by atoms with Crippen molar-refractivity contribution in [3.05, 3.63) is 53.8 Å². The number of rotatable bonds is 2. The molecular weight excluding hydrogens is 233 g/mol. The van der Waals surface area contributed by atoms with Crippen LogP contribution in [0.3, 0.4) is 0 Å². The van der Waals surface area contributed by atoms with Gasteiger partial charge in [-0.2, -0.15) is 0 Å². The minimum atomic E-state index is -0.688. The summed E-state index contributed by atoms with van der Waals surface area (Å²) in [4.78, 5) is 11.3. The van der Waals surface area contributed by atoms with Gasteiger partial charge in [-0.15, -0.1) is 0 Å². The summed E-state index contributed by atoms with van der Waals surface area (Å²) in [5.74, 6) is -1.30. The number of anilines is 1. The quantitative estimate of drug-likeness (QED) is 0.653. The fourth-order valence-electron chi connectivity index (χ4n) is 1.69. The molecule has 4 heteroatoms. The van der Waals surface area contributed by atoms with Crippen molar-refractivity contribution in [3.8, 4) is 11.1 Å². The first-order valence-corrected chi connectivity index (χ1v) is 5.35. The van der Waals surface area contributed by atoms with Crippen molar-refractivity contribution in [2.75, 3.05) is 12.8 Å². The number of halogens is 1. The van der Waals surface area contributed by atoms with E-state index in [1.54, 1.807) is 24.3 Å². The maximum Gasteiger partial charge on any atom is 0.340 e. The first-order valence-electron chi connectivity index (χ1n) is 5.35. The molecule has 0 saturated heterocycles. The summed E-state index contributed by atoms with van der Waals surface area (Å²) >= 11 is 0. The molecule has 92 valence electrons. The van der Waals surface area contributed by atoms with Gasteiger partial charge in [-0.3, -0.25) is 0 Å². The predicted molar refractivity (Wildman–Crippen MR) is 67.6 cm³/mol. The summed E-state index contributed by atoms with van der Waals surface area (Å²) < 4.78 is 18.2. The number of esters is 1. The molecular formula is C14H12FNO2. The molecule has 0 unspecified atom stereocenters. The Morgan fingerprint density at radius 2 is 1.89 bits per heavy atom. The van der Waals surface area contributed by atoms with E-state index in [0.717, 1.165) is 5.56 Å². The van der Waals surface area contributed by atoms with Gasteiger partial charge in [0.2, 0.25) is 0 Å². The van der Waals surface area contributed by atoms with E-state index in [-0.39, 0.29) is 5.56 Å². The number of benzene rings is 2. The van der Waals surface area contributed by atoms with Crippen molar-refractivity contribution in [1.82, 2.24) is 0 Å². The number of carbonyl (C=O) groups is 1. The van der Waals surface area contributed by atoms with Crippen molar-refractivity contribution in [2.45, 2.75) is 0 Å². The molecule has 0 radical (unpaired) electrons. The van der Waals surface area contributed by atoms with Crippen LogP contribution in [-0.2, 0) is 4.74 Å². The number of nitrogens with two attached hydrogens (primary N) is 1. The summed E-state index contributed by atoms with van der Waals surface area (Å²) in [6, 6.07) is 11.5. The Morgan fingerprint density at radius 3 is 2.50 bits per heavy atom. The molecule has 0 fully saturated rings. The monoisotopic (exact) mass is 245 g/mol. The first kappa shape index (κ1) is 12.1. The standard InChI is InChI=1S/C14H12FNO2/c1-18-14(17)12-6-5-10(8-13(12)15)9-3-2-4-11(16)7-9/h2-8H,16H2,1H3. The number of hydrogen-bond donors (Lipinski definition) is 1. The Morgan fingerprint density at radius 1 is 1.17 bits per heavy atom. The maximum absolute atomic E-state index is 13.7. The molecule has 0 aromatic heterocycles. The molecule has 0 saturated carbocycles. The second kappa shape index (κ2) is 4.87. The van der Waals surface area contributed by atoms with Gasteiger partial charge in [0.25, 0.3) is 0 Å². The smallest absolute Gasteiger partial charge is 0.340 e. The third-order valence-corrected chi connectivity index (χ3v) is 2.59. The molecule has 0 spiro atoms. The van der Waals surface area contributed by atoms with Gasteiger partial charge in [-0.1, -0.05) is 18.2 Å². The second-order valence-corrected chi connectivity index (χ2v) is 3.81. The van der Waals surface area contributed by atoms with Gasteiger partial charge in [0.1, 0.15) is 5.82 Å². The lowest BCUT2D eigenvalue weighted by Gasteiger charge is -2.06. The van der Waals surface area contributed by atoms with Crippen LogP contribution in [-0.4, -0.2) is 13.1 Å². The van der Waals surface area contributed by atoms with E-state index in [1.165, 1.54) is 19.2 Å². The summed E-state index contributed by atoms with van der Waals surface area (Å²) in [5.41, 5.74) is 7.65. The van der Waals surface area contributed by atoms with Crippen LogP contribution in [0.2, 0.25) is 0 Å². The fourth-order valence-corrected chi connectivity index (χ4v) is 1.69. The molecule has 2 aromatic carbocycles. The Hall–Kier alpha value is -2.36. The van der Waals surface area contributed by atoms with Crippen LogP contribution in [0.5, 0.6) is 0 Å². The van der Waals surface area contributed by atoms with Crippen molar-refractivity contribution < 1.29 is 13.9 Å². The van der Waals surface area contributed by atoms with Crippen molar-refractivity contribution in [2.24, 2.45) is 0 Å². The third-order valence-electron chi connectivity index (χ3n) is 2.59. The highest BCUT2D eigenvalue weighted by Gasteiger charge is 2.12. The molecule has 3 nitrogen and oxygen atoms in total. The highest BCUT2D eigenvalue weighted by atomic mass is 19.1. The van der Waals surface area contributed by atoms with Gasteiger partial charge in [-0.05, 0) is 35.4 Å². The molecule has 0 aliphatic carbocycles. The average Bonchev–Trinajstić information content (AvgIpc) is 2.37. The van der Waals surface area contributed by atoms with Gasteiger partial charge in [0, 0.05) is 5.69 Å². The van der Waals surface area contributed by atoms with Gasteiger partial charge in [0.05, 0.1) is 12.7 Å². The SMILES string of the molecule is COC(=O)c1ccc(-c2cccc(N)c2)cc1F. The van der Waals surface area contributed by atoms with Crippen LogP contribution < -0.4 is 5.73 Å². The normalized spacial score (nSPS) is 10.1. The molecule has 0 aliphatic rings. The van der Waals surface area contributed by atoms with Crippen molar-refractivity contribution in [1.29, 1.82) is 0 Å². The largest absolute Gasteiger partial charge is 0.465 e. The van der Waals surface area contributed by atoms with Gasteiger partial charge in [0.15, 0.2) is 0 Å². The van der Waals surface area contributed by atoms with E-state index in [4.69, 9.17) is 5.73 Å². The minimum absolute atomic E-state index is 0.0786. The predicted octanol–water partition coefficient (Wildman–Crippen LogP) is 2.86. The third kappa shape index (κ3) is 2.32. The molecule has 0 bridgehead atoms. The maximum atomic E-state index is 13.7. The molecule has 0 aliphatic heterocycles. The van der Waals surface area contributed by atoms with E-state index in [2.05, 4.69) is 4.74 Å². The van der Waals surface area contributed by atoms with Crippen LogP contribution in [0.1, 0.15) is 10.4 Å². The lowest BCUT2D eigenvalue weighted by molar-refractivity contribution is 0.0595. The Labute approximate surface area is 104 Å². The van der Waals surface area contributed by atoms with Gasteiger partial charge >= 0.3 is 5.97 Å². The van der Waals surface area contributed by atoms with Crippen LogP contribution >= 0.6 is 0 Å². The number of nitrogen functional groups attached to an aromatic ring is 1. The summed E-state index contributed by atoms with van der Waals surface area (Å²) in [6.07, 6.45) is 0. The van der Waals surface area contributed by atoms with E-state index in [0.29, 0.717) is 11.3 Å². The number of carbonyl (C=O) groups excluding carboxylic acids is 1. The molecule has 0 heterocycles. The summed E-state index contributed by atoms with van der Waals surface area (Å²) in [6.45, 7) is 0. The van der Waals surface area contributed by atoms with E-state index < -0.39 is 11.8 Å². The first-order chi connectivity index (χ1) is 8.61. The Kier molecular flexibility index (Phi) is 3.28. The highest BCUT2D eigenvalue weighted by Crippen LogP contribution is 2.23. The molecule has 2 aromatic rings. The van der Waals surface area contributed by atoms with Crippen LogP contribution in [0.25, 0.3) is 11.1 Å². The number of ether oxygens (including phenoxy) is 1. The molecule has 0 atom stereocenters. The lowest BCUT2D eigenvalue weighted by Crippen LogP contribution is -2.04. The van der Waals surface area contributed by atoms with Crippen LogP contribution in [0.4, 0.5) is 10.1 Å². The van der Waals surface area contributed by atoms with E-state index in [1.807, 2.05) is 6.07 Å². The minimum Gasteiger partial charge on any atom is -0.465 e. The molecule has 0 amide bonds. The Bertz CT molecular complexity index is 596. The van der Waals surface area contributed by atoms with E-state index >= 15 is 0 Å². The summed E-state index contributed by atoms with van der Waals surface area (Å²) in [7, 11) is 1.22. The number of hydrogen-bond acceptors (Lipinski definition) is 3. The zero-order valence-corrected chi connectivity index (χ0v) is 9.81. The summed E-state index contributed by atoms with van der Waals surface area (Å²) in [5, 5.41) is 0. The zero-order valence-electron chi connectivity index (χ0n) is 9.81. The van der Waals surface area contributed by atoms with Gasteiger partial charge in [-0.25, -0.2) is 9.18 Å². The van der Waals surface area contributed by atoms with Crippen LogP contribution in [0.15, 0.2) is 42.5 Å². The van der Waals surface area contributed by atoms with Crippen molar-refractivity contribution in [3.63, 3.8) is 0 Å². The fraction of sp³-hybridized carbons (Fsp3) is 0.0714. The lowest BCUT2D eigenvalue weighted by atomic mass is 10.0. The Balaban J connectivity index is 2.43. The van der Waals surface area contributed by atoms with Crippen LogP contribution in [0, 0.1) is 5.82 Å². The second-order valence-electron chi connectivity index (χ2n) is 3.81.